The van der Waals surface area contributed by atoms with E-state index in [2.05, 4.69) is 36.9 Å². The summed E-state index contributed by atoms with van der Waals surface area (Å²) in [6, 6.07) is 9.38. The number of likely N-dealkylation sites (tertiary alicyclic amines) is 1. The number of nitrogens with two attached hydrogens (primary N) is 1. The third-order valence-corrected chi connectivity index (χ3v) is 4.29. The highest BCUT2D eigenvalue weighted by Crippen LogP contribution is 2.33. The molecule has 112 valence electrons. The van der Waals surface area contributed by atoms with Crippen LogP contribution in [-0.2, 0) is 0 Å². The first kappa shape index (κ1) is 15.3. The van der Waals surface area contributed by atoms with Crippen molar-refractivity contribution < 1.29 is 4.74 Å². The van der Waals surface area contributed by atoms with Crippen molar-refractivity contribution in [3.05, 3.63) is 29.8 Å². The van der Waals surface area contributed by atoms with Crippen LogP contribution in [-0.4, -0.2) is 30.6 Å². The molecule has 2 unspecified atom stereocenters. The van der Waals surface area contributed by atoms with Gasteiger partial charge in [0.25, 0.3) is 0 Å². The topological polar surface area (TPSA) is 38.5 Å². The first-order chi connectivity index (χ1) is 9.67. The molecule has 1 saturated heterocycles. The van der Waals surface area contributed by atoms with E-state index in [9.17, 15) is 0 Å². The van der Waals surface area contributed by atoms with Crippen LogP contribution in [0.4, 0.5) is 0 Å². The largest absolute Gasteiger partial charge is 0.494 e. The molecule has 1 aromatic rings. The highest BCUT2D eigenvalue weighted by Gasteiger charge is 2.32. The van der Waals surface area contributed by atoms with Crippen LogP contribution in [0.15, 0.2) is 24.3 Å². The van der Waals surface area contributed by atoms with Gasteiger partial charge in [-0.3, -0.25) is 4.90 Å². The molecule has 2 N–H and O–H groups in total. The fraction of sp³-hybridized carbons (Fsp3) is 0.647. The van der Waals surface area contributed by atoms with Gasteiger partial charge in [-0.1, -0.05) is 26.0 Å². The van der Waals surface area contributed by atoms with Crippen molar-refractivity contribution in [2.75, 3.05) is 19.7 Å². The van der Waals surface area contributed by atoms with Gasteiger partial charge in [-0.2, -0.15) is 0 Å². The van der Waals surface area contributed by atoms with E-state index in [1.165, 1.54) is 18.4 Å². The highest BCUT2D eigenvalue weighted by atomic mass is 16.5. The third kappa shape index (κ3) is 3.33. The van der Waals surface area contributed by atoms with Gasteiger partial charge in [0, 0.05) is 18.6 Å². The van der Waals surface area contributed by atoms with Crippen molar-refractivity contribution in [2.24, 2.45) is 11.7 Å². The summed E-state index contributed by atoms with van der Waals surface area (Å²) in [5.41, 5.74) is 7.37. The van der Waals surface area contributed by atoms with E-state index in [0.717, 1.165) is 12.3 Å². The van der Waals surface area contributed by atoms with Crippen molar-refractivity contribution in [1.29, 1.82) is 0 Å². The van der Waals surface area contributed by atoms with Gasteiger partial charge in [-0.15, -0.1) is 0 Å². The van der Waals surface area contributed by atoms with E-state index in [1.807, 2.05) is 13.0 Å². The molecule has 0 aromatic heterocycles. The van der Waals surface area contributed by atoms with Crippen LogP contribution in [0.2, 0.25) is 0 Å². The minimum Gasteiger partial charge on any atom is -0.494 e. The first-order valence-electron chi connectivity index (χ1n) is 7.86. The average Bonchev–Trinajstić information content (AvgIpc) is 2.90. The minimum atomic E-state index is 0.310. The molecule has 0 radical (unpaired) electrons. The van der Waals surface area contributed by atoms with Crippen molar-refractivity contribution in [3.63, 3.8) is 0 Å². The summed E-state index contributed by atoms with van der Waals surface area (Å²) in [5, 5.41) is 0. The molecule has 0 aliphatic carbocycles. The quantitative estimate of drug-likeness (QED) is 0.867. The summed E-state index contributed by atoms with van der Waals surface area (Å²) in [7, 11) is 0. The smallest absolute Gasteiger partial charge is 0.119 e. The predicted octanol–water partition coefficient (Wildman–Crippen LogP) is 3.21. The van der Waals surface area contributed by atoms with E-state index in [4.69, 9.17) is 10.5 Å². The van der Waals surface area contributed by atoms with Gasteiger partial charge in [0.15, 0.2) is 0 Å². The van der Waals surface area contributed by atoms with Crippen LogP contribution in [0, 0.1) is 5.92 Å². The van der Waals surface area contributed by atoms with Crippen LogP contribution >= 0.6 is 0 Å². The molecule has 3 nitrogen and oxygen atoms in total. The van der Waals surface area contributed by atoms with Crippen LogP contribution in [0.25, 0.3) is 0 Å². The van der Waals surface area contributed by atoms with E-state index in [-0.39, 0.29) is 0 Å². The van der Waals surface area contributed by atoms with Crippen molar-refractivity contribution in [2.45, 2.75) is 45.7 Å². The van der Waals surface area contributed by atoms with E-state index in [1.54, 1.807) is 0 Å². The van der Waals surface area contributed by atoms with Crippen molar-refractivity contribution in [1.82, 2.24) is 4.90 Å². The third-order valence-electron chi connectivity index (χ3n) is 4.29. The van der Waals surface area contributed by atoms with Crippen LogP contribution in [0.1, 0.15) is 45.2 Å². The summed E-state index contributed by atoms with van der Waals surface area (Å²) in [5.74, 6) is 1.63. The average molecular weight is 276 g/mol. The molecule has 0 saturated carbocycles. The Hall–Kier alpha value is -1.06. The van der Waals surface area contributed by atoms with Gasteiger partial charge >= 0.3 is 0 Å². The Bertz CT molecular complexity index is 419. The molecule has 1 aliphatic heterocycles. The lowest BCUT2D eigenvalue weighted by Crippen LogP contribution is -2.39. The Morgan fingerprint density at radius 1 is 1.40 bits per heavy atom. The number of nitrogens with zero attached hydrogens (tertiary/aromatic N) is 1. The molecule has 2 atom stereocenters. The molecule has 0 bridgehead atoms. The Morgan fingerprint density at radius 2 is 2.20 bits per heavy atom. The second-order valence-corrected chi connectivity index (χ2v) is 5.95. The fourth-order valence-electron chi connectivity index (χ4n) is 3.36. The molecule has 3 heteroatoms. The van der Waals surface area contributed by atoms with Gasteiger partial charge < -0.3 is 10.5 Å². The Morgan fingerprint density at radius 3 is 2.85 bits per heavy atom. The highest BCUT2D eigenvalue weighted by molar-refractivity contribution is 5.31. The molecule has 2 rings (SSSR count). The van der Waals surface area contributed by atoms with Crippen LogP contribution in [0.5, 0.6) is 5.75 Å². The number of benzene rings is 1. The zero-order chi connectivity index (χ0) is 14.5. The van der Waals surface area contributed by atoms with Crippen molar-refractivity contribution in [3.8, 4) is 5.75 Å². The van der Waals surface area contributed by atoms with Gasteiger partial charge in [-0.05, 0) is 49.9 Å². The van der Waals surface area contributed by atoms with Gasteiger partial charge in [0.2, 0.25) is 0 Å². The molecule has 1 heterocycles. The summed E-state index contributed by atoms with van der Waals surface area (Å²) in [6.45, 7) is 9.17. The molecule has 1 aromatic carbocycles. The molecular weight excluding hydrogens is 248 g/mol. The Kier molecular flexibility index (Phi) is 5.44. The van der Waals surface area contributed by atoms with Crippen LogP contribution < -0.4 is 10.5 Å². The Balaban J connectivity index is 2.21. The molecule has 0 spiro atoms. The van der Waals surface area contributed by atoms with Crippen molar-refractivity contribution >= 4 is 0 Å². The number of ether oxygens (including phenoxy) is 1. The number of hydrogen-bond acceptors (Lipinski definition) is 3. The van der Waals surface area contributed by atoms with Gasteiger partial charge in [-0.25, -0.2) is 0 Å². The molecule has 20 heavy (non-hydrogen) atoms. The lowest BCUT2D eigenvalue weighted by molar-refractivity contribution is 0.149. The molecule has 0 amide bonds. The maximum Gasteiger partial charge on any atom is 0.119 e. The monoisotopic (exact) mass is 276 g/mol. The van der Waals surface area contributed by atoms with Crippen LogP contribution in [0.3, 0.4) is 0 Å². The summed E-state index contributed by atoms with van der Waals surface area (Å²) >= 11 is 0. The molecular formula is C17H28N2O. The first-order valence-corrected chi connectivity index (χ1v) is 7.86. The zero-order valence-electron chi connectivity index (χ0n) is 13.0. The summed E-state index contributed by atoms with van der Waals surface area (Å²) in [6.07, 6.45) is 2.57. The number of rotatable bonds is 6. The zero-order valence-corrected chi connectivity index (χ0v) is 13.0. The summed E-state index contributed by atoms with van der Waals surface area (Å²) < 4.78 is 5.62. The number of hydrogen-bond donors (Lipinski definition) is 1. The standard InChI is InChI=1S/C17H28N2O/c1-4-20-15-8-5-7-14(11-15)17(12-18)19-10-6-9-16(19)13(2)3/h5,7-8,11,13,16-17H,4,6,9-10,12,18H2,1-3H3. The second kappa shape index (κ2) is 7.09. The van der Waals surface area contributed by atoms with E-state index >= 15 is 0 Å². The second-order valence-electron chi connectivity index (χ2n) is 5.95. The lowest BCUT2D eigenvalue weighted by atomic mass is 9.98. The van der Waals surface area contributed by atoms with E-state index in [0.29, 0.717) is 31.2 Å². The van der Waals surface area contributed by atoms with Gasteiger partial charge in [0.05, 0.1) is 6.61 Å². The van der Waals surface area contributed by atoms with E-state index < -0.39 is 0 Å². The maximum atomic E-state index is 6.09. The fourth-order valence-corrected chi connectivity index (χ4v) is 3.36. The predicted molar refractivity (Wildman–Crippen MR) is 84.0 cm³/mol. The minimum absolute atomic E-state index is 0.310. The molecule has 1 fully saturated rings. The lowest BCUT2D eigenvalue weighted by Gasteiger charge is -2.35. The Labute approximate surface area is 123 Å². The normalized spacial score (nSPS) is 21.4. The van der Waals surface area contributed by atoms with Gasteiger partial charge in [0.1, 0.15) is 5.75 Å². The molecule has 1 aliphatic rings. The maximum absolute atomic E-state index is 6.09. The SMILES string of the molecule is CCOc1cccc(C(CN)N2CCCC2C(C)C)c1. The summed E-state index contributed by atoms with van der Waals surface area (Å²) in [4.78, 5) is 2.59.